The molecule has 0 fully saturated rings. The zero-order chi connectivity index (χ0) is 10.1. The Kier molecular flexibility index (Phi) is 9.86. The van der Waals surface area contributed by atoms with Gasteiger partial charge in [0.25, 0.3) is 0 Å². The van der Waals surface area contributed by atoms with Crippen molar-refractivity contribution in [1.82, 2.24) is 4.90 Å². The second-order valence-electron chi connectivity index (χ2n) is 2.69. The Morgan fingerprint density at radius 2 is 1.83 bits per heavy atom. The van der Waals surface area contributed by atoms with Crippen LogP contribution in [0.5, 0.6) is 0 Å². The van der Waals surface area contributed by atoms with Gasteiger partial charge in [-0.3, -0.25) is 9.69 Å². The van der Waals surface area contributed by atoms with E-state index in [-0.39, 0.29) is 12.6 Å². The highest BCUT2D eigenvalue weighted by atomic mass is 16.4. The van der Waals surface area contributed by atoms with Crippen molar-refractivity contribution >= 4 is 5.97 Å². The molecule has 3 N–H and O–H groups in total. The number of carbonyl (C=O) groups is 1. The van der Waals surface area contributed by atoms with Crippen LogP contribution in [-0.4, -0.2) is 36.2 Å². The first-order valence-corrected chi connectivity index (χ1v) is 4.09. The molecule has 1 atom stereocenters. The predicted molar refractivity (Wildman–Crippen MR) is 49.9 cm³/mol. The summed E-state index contributed by atoms with van der Waals surface area (Å²) in [6.07, 6.45) is 1.48. The third kappa shape index (κ3) is 12.1. The van der Waals surface area contributed by atoms with Crippen LogP contribution in [0.4, 0.5) is 0 Å². The standard InChI is InChI=1S/C5H14N2.C3H6O2/c1-4-5(6)7(2)3;1-2-3(4)5/h5H,4,6H2,1-3H3;2H2,1H3,(H,4,5). The molecule has 0 rings (SSSR count). The summed E-state index contributed by atoms with van der Waals surface area (Å²) in [5.74, 6) is -0.745. The van der Waals surface area contributed by atoms with Gasteiger partial charge in [0, 0.05) is 6.42 Å². The Morgan fingerprint density at radius 3 is 1.83 bits per heavy atom. The van der Waals surface area contributed by atoms with Crippen LogP contribution >= 0.6 is 0 Å². The van der Waals surface area contributed by atoms with E-state index < -0.39 is 5.97 Å². The lowest BCUT2D eigenvalue weighted by Gasteiger charge is -2.16. The fourth-order valence-corrected chi connectivity index (χ4v) is 0.365. The van der Waals surface area contributed by atoms with Gasteiger partial charge in [0.1, 0.15) is 0 Å². The second kappa shape index (κ2) is 8.49. The number of hydrogen-bond acceptors (Lipinski definition) is 3. The zero-order valence-corrected chi connectivity index (χ0v) is 8.37. The molecule has 0 aliphatic heterocycles. The first kappa shape index (κ1) is 13.9. The molecule has 0 aliphatic rings. The average Bonchev–Trinajstić information content (AvgIpc) is 2.04. The van der Waals surface area contributed by atoms with Crippen LogP contribution in [-0.2, 0) is 4.79 Å². The minimum absolute atomic E-state index is 0.222. The highest BCUT2D eigenvalue weighted by molar-refractivity contribution is 5.66. The molecule has 0 aromatic heterocycles. The molecule has 1 unspecified atom stereocenters. The van der Waals surface area contributed by atoms with Crippen molar-refractivity contribution in [3.05, 3.63) is 0 Å². The molecule has 0 heterocycles. The number of aliphatic carboxylic acids is 1. The van der Waals surface area contributed by atoms with Crippen LogP contribution < -0.4 is 5.73 Å². The number of nitrogens with zero attached hydrogens (tertiary/aromatic N) is 1. The van der Waals surface area contributed by atoms with E-state index in [0.717, 1.165) is 6.42 Å². The molecule has 12 heavy (non-hydrogen) atoms. The summed E-state index contributed by atoms with van der Waals surface area (Å²) in [5.41, 5.74) is 5.54. The average molecular weight is 176 g/mol. The quantitative estimate of drug-likeness (QED) is 0.622. The van der Waals surface area contributed by atoms with Gasteiger partial charge >= 0.3 is 5.97 Å². The minimum atomic E-state index is -0.745. The molecule has 0 bridgehead atoms. The SMILES string of the molecule is CCC(=O)O.CCC(N)N(C)C. The van der Waals surface area contributed by atoms with Gasteiger partial charge in [-0.1, -0.05) is 13.8 Å². The molecular weight excluding hydrogens is 156 g/mol. The van der Waals surface area contributed by atoms with Gasteiger partial charge in [-0.25, -0.2) is 0 Å². The Bertz CT molecular complexity index is 116. The van der Waals surface area contributed by atoms with Gasteiger partial charge in [-0.05, 0) is 20.5 Å². The van der Waals surface area contributed by atoms with Crippen LogP contribution in [0.15, 0.2) is 0 Å². The van der Waals surface area contributed by atoms with Crippen molar-refractivity contribution in [3.8, 4) is 0 Å². The summed E-state index contributed by atoms with van der Waals surface area (Å²) < 4.78 is 0. The van der Waals surface area contributed by atoms with E-state index >= 15 is 0 Å². The molecule has 4 nitrogen and oxygen atoms in total. The van der Waals surface area contributed by atoms with Gasteiger partial charge in [0.15, 0.2) is 0 Å². The lowest BCUT2D eigenvalue weighted by molar-refractivity contribution is -0.136. The summed E-state index contributed by atoms with van der Waals surface area (Å²) in [5, 5.41) is 7.72. The first-order valence-electron chi connectivity index (χ1n) is 4.09. The molecule has 0 radical (unpaired) electrons. The van der Waals surface area contributed by atoms with E-state index in [2.05, 4.69) is 6.92 Å². The number of hydrogen-bond donors (Lipinski definition) is 2. The van der Waals surface area contributed by atoms with Crippen LogP contribution in [0.2, 0.25) is 0 Å². The van der Waals surface area contributed by atoms with Crippen LogP contribution in [0.25, 0.3) is 0 Å². The van der Waals surface area contributed by atoms with Crippen molar-refractivity contribution in [2.24, 2.45) is 5.73 Å². The van der Waals surface area contributed by atoms with Crippen molar-refractivity contribution in [2.45, 2.75) is 32.9 Å². The van der Waals surface area contributed by atoms with E-state index in [0.29, 0.717) is 0 Å². The van der Waals surface area contributed by atoms with Crippen LogP contribution in [0, 0.1) is 0 Å². The summed E-state index contributed by atoms with van der Waals surface area (Å²) in [6, 6.07) is 0. The van der Waals surface area contributed by atoms with Crippen LogP contribution in [0.1, 0.15) is 26.7 Å². The molecule has 0 aromatic carbocycles. The van der Waals surface area contributed by atoms with Gasteiger partial charge in [0.05, 0.1) is 6.17 Å². The fraction of sp³-hybridized carbons (Fsp3) is 0.875. The Labute approximate surface area is 74.4 Å². The van der Waals surface area contributed by atoms with Gasteiger partial charge in [-0.2, -0.15) is 0 Å². The van der Waals surface area contributed by atoms with E-state index in [4.69, 9.17) is 10.8 Å². The van der Waals surface area contributed by atoms with E-state index in [1.54, 1.807) is 6.92 Å². The van der Waals surface area contributed by atoms with Gasteiger partial charge < -0.3 is 10.8 Å². The maximum Gasteiger partial charge on any atom is 0.303 e. The van der Waals surface area contributed by atoms with Crippen LogP contribution in [0.3, 0.4) is 0 Å². The molecule has 0 aliphatic carbocycles. The van der Waals surface area contributed by atoms with Crippen molar-refractivity contribution in [1.29, 1.82) is 0 Å². The van der Waals surface area contributed by atoms with Crippen molar-refractivity contribution < 1.29 is 9.90 Å². The Hall–Kier alpha value is -0.610. The highest BCUT2D eigenvalue weighted by Crippen LogP contribution is 1.86. The normalized spacial score (nSPS) is 11.8. The Morgan fingerprint density at radius 1 is 1.50 bits per heavy atom. The largest absolute Gasteiger partial charge is 0.481 e. The van der Waals surface area contributed by atoms with E-state index in [1.165, 1.54) is 0 Å². The van der Waals surface area contributed by atoms with E-state index in [9.17, 15) is 4.79 Å². The molecule has 0 saturated heterocycles. The molecular formula is C8H20N2O2. The maximum absolute atomic E-state index is 9.37. The molecule has 4 heteroatoms. The maximum atomic E-state index is 9.37. The lowest BCUT2D eigenvalue weighted by atomic mass is 10.4. The third-order valence-electron chi connectivity index (χ3n) is 1.38. The molecule has 0 amide bonds. The predicted octanol–water partition coefficient (Wildman–Crippen LogP) is 0.724. The van der Waals surface area contributed by atoms with Crippen molar-refractivity contribution in [2.75, 3.05) is 14.1 Å². The second-order valence-corrected chi connectivity index (χ2v) is 2.69. The van der Waals surface area contributed by atoms with Crippen molar-refractivity contribution in [3.63, 3.8) is 0 Å². The monoisotopic (exact) mass is 176 g/mol. The smallest absolute Gasteiger partial charge is 0.303 e. The Balaban J connectivity index is 0. The summed E-state index contributed by atoms with van der Waals surface area (Å²) in [7, 11) is 3.96. The number of carboxylic acid groups (broad SMARTS) is 1. The molecule has 0 aromatic rings. The van der Waals surface area contributed by atoms with Gasteiger partial charge in [-0.15, -0.1) is 0 Å². The molecule has 0 spiro atoms. The number of rotatable bonds is 3. The highest BCUT2D eigenvalue weighted by Gasteiger charge is 1.97. The molecule has 0 saturated carbocycles. The zero-order valence-electron chi connectivity index (χ0n) is 8.37. The summed E-state index contributed by atoms with van der Waals surface area (Å²) in [4.78, 5) is 11.4. The third-order valence-corrected chi connectivity index (χ3v) is 1.38. The van der Waals surface area contributed by atoms with E-state index in [1.807, 2.05) is 19.0 Å². The summed E-state index contributed by atoms with van der Waals surface area (Å²) in [6.45, 7) is 3.67. The number of carboxylic acids is 1. The van der Waals surface area contributed by atoms with Gasteiger partial charge in [0.2, 0.25) is 0 Å². The minimum Gasteiger partial charge on any atom is -0.481 e. The fourth-order valence-electron chi connectivity index (χ4n) is 0.365. The number of nitrogens with two attached hydrogens (primary N) is 1. The topological polar surface area (TPSA) is 66.6 Å². The molecule has 74 valence electrons. The lowest BCUT2D eigenvalue weighted by Crippen LogP contribution is -2.35. The summed E-state index contributed by atoms with van der Waals surface area (Å²) >= 11 is 0. The first-order chi connectivity index (χ1) is 5.45.